The van der Waals surface area contributed by atoms with Gasteiger partial charge < -0.3 is 15.4 Å². The van der Waals surface area contributed by atoms with Gasteiger partial charge in [-0.15, -0.1) is 0 Å². The van der Waals surface area contributed by atoms with Gasteiger partial charge in [0.05, 0.1) is 12.7 Å². The fourth-order valence-electron chi connectivity index (χ4n) is 3.59. The van der Waals surface area contributed by atoms with Crippen LogP contribution in [0.1, 0.15) is 51.2 Å². The van der Waals surface area contributed by atoms with E-state index in [-0.39, 0.29) is 17.8 Å². The number of anilines is 1. The van der Waals surface area contributed by atoms with Crippen LogP contribution in [-0.4, -0.2) is 19.0 Å². The monoisotopic (exact) mass is 370 g/mol. The highest BCUT2D eigenvalue weighted by atomic mass is 16.5. The van der Waals surface area contributed by atoms with Crippen LogP contribution in [0.4, 0.5) is 5.69 Å². The Morgan fingerprint density at radius 2 is 1.78 bits per heavy atom. The van der Waals surface area contributed by atoms with E-state index in [0.29, 0.717) is 11.1 Å². The first kappa shape index (κ1) is 20.7. The molecule has 2 N–H and O–H groups in total. The quantitative estimate of drug-likeness (QED) is 0.730. The van der Waals surface area contributed by atoms with Gasteiger partial charge in [0, 0.05) is 28.6 Å². The lowest BCUT2D eigenvalue weighted by Gasteiger charge is -2.30. The third-order valence-corrected chi connectivity index (χ3v) is 5.23. The summed E-state index contributed by atoms with van der Waals surface area (Å²) in [4.78, 5) is 25.6. The number of aryl methyl sites for hydroxylation is 1. The Morgan fingerprint density at radius 3 is 2.41 bits per heavy atom. The summed E-state index contributed by atoms with van der Waals surface area (Å²) >= 11 is 0. The number of amides is 1. The number of ether oxygens (including phenoxy) is 1. The second kappa shape index (κ2) is 8.89. The van der Waals surface area contributed by atoms with E-state index in [1.165, 1.54) is 7.11 Å². The Morgan fingerprint density at radius 1 is 1.11 bits per heavy atom. The van der Waals surface area contributed by atoms with Gasteiger partial charge in [0.1, 0.15) is 0 Å². The van der Waals surface area contributed by atoms with E-state index in [4.69, 9.17) is 4.74 Å². The van der Waals surface area contributed by atoms with Crippen LogP contribution in [0, 0.1) is 19.8 Å². The maximum Gasteiger partial charge on any atom is 0.336 e. The van der Waals surface area contributed by atoms with Crippen molar-refractivity contribution in [3.8, 4) is 0 Å². The first-order chi connectivity index (χ1) is 12.8. The Hall–Kier alpha value is -2.56. The van der Waals surface area contributed by atoms with Crippen molar-refractivity contribution >= 4 is 17.6 Å². The maximum atomic E-state index is 13.2. The van der Waals surface area contributed by atoms with Crippen molar-refractivity contribution in [2.24, 2.45) is 5.92 Å². The lowest BCUT2D eigenvalue weighted by molar-refractivity contribution is -0.136. The lowest BCUT2D eigenvalue weighted by Crippen LogP contribution is -2.34. The van der Waals surface area contributed by atoms with Gasteiger partial charge in [-0.2, -0.15) is 0 Å². The molecule has 0 saturated heterocycles. The fourth-order valence-corrected chi connectivity index (χ4v) is 3.59. The van der Waals surface area contributed by atoms with Gasteiger partial charge in [-0.05, 0) is 51.3 Å². The van der Waals surface area contributed by atoms with Crippen LogP contribution in [-0.2, 0) is 14.3 Å². The Bertz CT molecular complexity index is 806. The number of dihydropyridines is 1. The Kier molecular flexibility index (Phi) is 6.83. The SMILES string of the molecule is CCCC[C@H]1C(C(=O)Nc2cccc(C)c2C)=C(C)NC(C)=C1C(=O)OC. The largest absolute Gasteiger partial charge is 0.466 e. The summed E-state index contributed by atoms with van der Waals surface area (Å²) < 4.78 is 5.00. The number of hydrogen-bond donors (Lipinski definition) is 2. The molecule has 27 heavy (non-hydrogen) atoms. The fraction of sp³-hybridized carbons (Fsp3) is 0.455. The van der Waals surface area contributed by atoms with Crippen LogP contribution in [0.5, 0.6) is 0 Å². The normalized spacial score (nSPS) is 16.9. The molecule has 1 aromatic carbocycles. The molecule has 1 aromatic rings. The van der Waals surface area contributed by atoms with Crippen molar-refractivity contribution in [2.75, 3.05) is 12.4 Å². The smallest absolute Gasteiger partial charge is 0.336 e. The van der Waals surface area contributed by atoms with Crippen LogP contribution < -0.4 is 10.6 Å². The first-order valence-corrected chi connectivity index (χ1v) is 9.46. The van der Waals surface area contributed by atoms with E-state index in [0.717, 1.165) is 47.5 Å². The molecule has 146 valence electrons. The van der Waals surface area contributed by atoms with Gasteiger partial charge in [0.25, 0.3) is 5.91 Å². The molecule has 0 spiro atoms. The minimum absolute atomic E-state index is 0.177. The number of carbonyl (C=O) groups is 2. The molecule has 5 nitrogen and oxygen atoms in total. The van der Waals surface area contributed by atoms with E-state index in [9.17, 15) is 9.59 Å². The summed E-state index contributed by atoms with van der Waals surface area (Å²) in [5, 5.41) is 6.23. The molecule has 1 heterocycles. The average Bonchev–Trinajstić information content (AvgIpc) is 2.62. The second-order valence-corrected chi connectivity index (χ2v) is 7.09. The number of benzene rings is 1. The molecule has 2 rings (SSSR count). The summed E-state index contributed by atoms with van der Waals surface area (Å²) in [6, 6.07) is 5.84. The highest BCUT2D eigenvalue weighted by Gasteiger charge is 2.35. The van der Waals surface area contributed by atoms with Gasteiger partial charge in [0.2, 0.25) is 0 Å². The summed E-state index contributed by atoms with van der Waals surface area (Å²) in [6.45, 7) is 9.84. The van der Waals surface area contributed by atoms with Crippen LogP contribution >= 0.6 is 0 Å². The van der Waals surface area contributed by atoms with Crippen molar-refractivity contribution in [3.05, 3.63) is 51.9 Å². The minimum atomic E-state index is -0.384. The van der Waals surface area contributed by atoms with Gasteiger partial charge in [-0.25, -0.2) is 4.79 Å². The van der Waals surface area contributed by atoms with Gasteiger partial charge in [0.15, 0.2) is 0 Å². The number of methoxy groups -OCH3 is 1. The number of rotatable bonds is 6. The van der Waals surface area contributed by atoms with E-state index in [1.54, 1.807) is 0 Å². The Labute approximate surface area is 161 Å². The first-order valence-electron chi connectivity index (χ1n) is 9.46. The summed E-state index contributed by atoms with van der Waals surface area (Å²) in [5.41, 5.74) is 5.64. The molecule has 5 heteroatoms. The second-order valence-electron chi connectivity index (χ2n) is 7.09. The molecule has 0 radical (unpaired) electrons. The number of carbonyl (C=O) groups excluding carboxylic acids is 2. The molecule has 0 fully saturated rings. The summed E-state index contributed by atoms with van der Waals surface area (Å²) in [6.07, 6.45) is 2.64. The number of unbranched alkanes of at least 4 members (excludes halogenated alkanes) is 1. The molecular formula is C22H30N2O3. The van der Waals surface area contributed by atoms with Crippen LogP contribution in [0.15, 0.2) is 40.7 Å². The van der Waals surface area contributed by atoms with Crippen molar-refractivity contribution in [2.45, 2.75) is 53.9 Å². The zero-order valence-electron chi connectivity index (χ0n) is 17.2. The molecule has 1 aliphatic rings. The van der Waals surface area contributed by atoms with Crippen molar-refractivity contribution in [1.29, 1.82) is 0 Å². The summed E-state index contributed by atoms with van der Waals surface area (Å²) in [7, 11) is 1.38. The third-order valence-electron chi connectivity index (χ3n) is 5.23. The van der Waals surface area contributed by atoms with Crippen LogP contribution in [0.25, 0.3) is 0 Å². The van der Waals surface area contributed by atoms with Crippen LogP contribution in [0.2, 0.25) is 0 Å². The van der Waals surface area contributed by atoms with Gasteiger partial charge in [-0.3, -0.25) is 4.79 Å². The third kappa shape index (κ3) is 4.41. The molecule has 1 atom stereocenters. The average molecular weight is 370 g/mol. The molecule has 0 saturated carbocycles. The van der Waals surface area contributed by atoms with Gasteiger partial charge in [-0.1, -0.05) is 31.9 Å². The van der Waals surface area contributed by atoms with Crippen LogP contribution in [0.3, 0.4) is 0 Å². The highest BCUT2D eigenvalue weighted by molar-refractivity contribution is 6.07. The highest BCUT2D eigenvalue weighted by Crippen LogP contribution is 2.35. The number of hydrogen-bond acceptors (Lipinski definition) is 4. The maximum absolute atomic E-state index is 13.2. The zero-order chi connectivity index (χ0) is 20.1. The number of nitrogens with one attached hydrogen (secondary N) is 2. The Balaban J connectivity index is 2.41. The number of allylic oxidation sites excluding steroid dienone is 2. The minimum Gasteiger partial charge on any atom is -0.466 e. The molecule has 1 aliphatic heterocycles. The van der Waals surface area contributed by atoms with Crippen molar-refractivity contribution < 1.29 is 14.3 Å². The van der Waals surface area contributed by atoms with Gasteiger partial charge >= 0.3 is 5.97 Å². The standard InChI is InChI=1S/C22H30N2O3/c1-7-8-11-17-19(15(4)23-16(5)20(17)22(26)27-6)21(25)24-18-12-9-10-13(2)14(18)3/h9-10,12,17,23H,7-8,11H2,1-6H3,(H,24,25)/t17-/m0/s1. The van der Waals surface area contributed by atoms with E-state index >= 15 is 0 Å². The molecule has 0 unspecified atom stereocenters. The molecule has 0 aliphatic carbocycles. The summed E-state index contributed by atoms with van der Waals surface area (Å²) in [5.74, 6) is -0.835. The lowest BCUT2D eigenvalue weighted by atomic mass is 9.81. The van der Waals surface area contributed by atoms with Crippen molar-refractivity contribution in [1.82, 2.24) is 5.32 Å². The molecular weight excluding hydrogens is 340 g/mol. The number of esters is 1. The van der Waals surface area contributed by atoms with Crippen molar-refractivity contribution in [3.63, 3.8) is 0 Å². The zero-order valence-corrected chi connectivity index (χ0v) is 17.2. The predicted molar refractivity (Wildman–Crippen MR) is 108 cm³/mol. The topological polar surface area (TPSA) is 67.4 Å². The van der Waals surface area contributed by atoms with E-state index in [2.05, 4.69) is 17.6 Å². The molecule has 0 bridgehead atoms. The van der Waals surface area contributed by atoms with E-state index < -0.39 is 0 Å². The molecule has 0 aromatic heterocycles. The van der Waals surface area contributed by atoms with E-state index in [1.807, 2.05) is 45.9 Å². The molecule has 1 amide bonds. The predicted octanol–water partition coefficient (Wildman–Crippen LogP) is 4.37.